The predicted molar refractivity (Wildman–Crippen MR) is 107 cm³/mol. The third-order valence-corrected chi connectivity index (χ3v) is 6.06. The second-order valence-corrected chi connectivity index (χ2v) is 8.34. The summed E-state index contributed by atoms with van der Waals surface area (Å²) in [6, 6.07) is 24.7. The van der Waals surface area contributed by atoms with Gasteiger partial charge < -0.3 is 0 Å². The van der Waals surface area contributed by atoms with Gasteiger partial charge in [0.05, 0.1) is 0 Å². The highest BCUT2D eigenvalue weighted by molar-refractivity contribution is 5.77. The Morgan fingerprint density at radius 3 is 1.60 bits per heavy atom. The maximum Gasteiger partial charge on any atom is 0.0158 e. The van der Waals surface area contributed by atoms with Crippen molar-refractivity contribution >= 4 is 0 Å². The second kappa shape index (κ2) is 5.33. The van der Waals surface area contributed by atoms with Crippen LogP contribution in [0.15, 0.2) is 66.7 Å². The molecule has 0 bridgehead atoms. The van der Waals surface area contributed by atoms with Gasteiger partial charge in [-0.05, 0) is 45.9 Å². The molecule has 0 aromatic heterocycles. The molecule has 0 unspecified atom stereocenters. The molecule has 0 nitrogen and oxygen atoms in total. The molecule has 0 heteroatoms. The molecule has 3 aromatic rings. The molecule has 0 heterocycles. The van der Waals surface area contributed by atoms with Crippen LogP contribution < -0.4 is 0 Å². The summed E-state index contributed by atoms with van der Waals surface area (Å²) in [5.41, 5.74) is 9.77. The van der Waals surface area contributed by atoms with Gasteiger partial charge in [0.15, 0.2) is 0 Å². The molecule has 0 atom stereocenters. The Balaban J connectivity index is 2.24. The van der Waals surface area contributed by atoms with E-state index in [9.17, 15) is 0 Å². The predicted octanol–water partition coefficient (Wildman–Crippen LogP) is 6.63. The summed E-state index contributed by atoms with van der Waals surface area (Å²) in [7, 11) is 0. The lowest BCUT2D eigenvalue weighted by molar-refractivity contribution is 0.570. The molecule has 0 saturated carbocycles. The van der Waals surface area contributed by atoms with Gasteiger partial charge in [-0.1, -0.05) is 94.4 Å². The lowest BCUT2D eigenvalue weighted by Gasteiger charge is -2.41. The van der Waals surface area contributed by atoms with Crippen LogP contribution in [0.2, 0.25) is 0 Å². The highest BCUT2D eigenvalue weighted by atomic mass is 14.4. The summed E-state index contributed by atoms with van der Waals surface area (Å²) in [5.74, 6) is 0. The summed E-state index contributed by atoms with van der Waals surface area (Å²) in [5, 5.41) is 0. The van der Waals surface area contributed by atoms with Crippen LogP contribution in [0.25, 0.3) is 11.1 Å². The van der Waals surface area contributed by atoms with Crippen LogP contribution in [0.4, 0.5) is 0 Å². The summed E-state index contributed by atoms with van der Waals surface area (Å²) >= 11 is 0. The van der Waals surface area contributed by atoms with Crippen molar-refractivity contribution in [2.24, 2.45) is 0 Å². The molecule has 1 aliphatic carbocycles. The van der Waals surface area contributed by atoms with E-state index in [0.29, 0.717) is 0 Å². The molecule has 1 aliphatic rings. The van der Waals surface area contributed by atoms with Crippen molar-refractivity contribution in [3.8, 4) is 11.1 Å². The van der Waals surface area contributed by atoms with Gasteiger partial charge in [-0.25, -0.2) is 0 Å². The van der Waals surface area contributed by atoms with Gasteiger partial charge >= 0.3 is 0 Å². The van der Waals surface area contributed by atoms with Gasteiger partial charge in [-0.2, -0.15) is 0 Å². The van der Waals surface area contributed by atoms with Crippen LogP contribution in [0, 0.1) is 6.92 Å². The molecule has 0 aliphatic heterocycles. The van der Waals surface area contributed by atoms with E-state index >= 15 is 0 Å². The summed E-state index contributed by atoms with van der Waals surface area (Å²) in [6.45, 7) is 11.7. The van der Waals surface area contributed by atoms with Crippen LogP contribution >= 0.6 is 0 Å². The first-order valence-corrected chi connectivity index (χ1v) is 9.15. The Bertz CT molecular complexity index is 957. The van der Waals surface area contributed by atoms with Crippen LogP contribution in [0.1, 0.15) is 55.5 Å². The smallest absolute Gasteiger partial charge is 0.0158 e. The standard InChI is InChI=1S/C25H26/c1-17-11-10-16-22-23(17)25(4,5)21-15-9-7-13-19(21)18-12-6-8-14-20(18)24(22,2)3/h6-16H,1-5H3. The van der Waals surface area contributed by atoms with E-state index in [4.69, 9.17) is 0 Å². The Morgan fingerprint density at radius 2 is 1.00 bits per heavy atom. The highest BCUT2D eigenvalue weighted by Gasteiger charge is 2.38. The number of hydrogen-bond acceptors (Lipinski definition) is 0. The van der Waals surface area contributed by atoms with Gasteiger partial charge in [0.1, 0.15) is 0 Å². The normalized spacial score (nSPS) is 16.8. The van der Waals surface area contributed by atoms with Crippen LogP contribution in [0.5, 0.6) is 0 Å². The van der Waals surface area contributed by atoms with Gasteiger partial charge in [-0.3, -0.25) is 0 Å². The fourth-order valence-corrected chi connectivity index (χ4v) is 4.82. The zero-order valence-electron chi connectivity index (χ0n) is 15.9. The van der Waals surface area contributed by atoms with Gasteiger partial charge in [0.25, 0.3) is 0 Å². The summed E-state index contributed by atoms with van der Waals surface area (Å²) < 4.78 is 0. The zero-order valence-corrected chi connectivity index (χ0v) is 15.9. The average molecular weight is 326 g/mol. The fourth-order valence-electron chi connectivity index (χ4n) is 4.82. The molecule has 126 valence electrons. The minimum Gasteiger partial charge on any atom is -0.0619 e. The first-order valence-electron chi connectivity index (χ1n) is 9.15. The molecule has 0 spiro atoms. The Morgan fingerprint density at radius 1 is 0.520 bits per heavy atom. The maximum atomic E-state index is 2.38. The molecule has 0 fully saturated rings. The molecule has 0 saturated heterocycles. The van der Waals surface area contributed by atoms with Gasteiger partial charge in [-0.15, -0.1) is 0 Å². The second-order valence-electron chi connectivity index (χ2n) is 8.34. The van der Waals surface area contributed by atoms with E-state index in [0.717, 1.165) is 0 Å². The molecule has 3 aromatic carbocycles. The molecule has 0 radical (unpaired) electrons. The van der Waals surface area contributed by atoms with Crippen molar-refractivity contribution in [3.63, 3.8) is 0 Å². The molecule has 4 rings (SSSR count). The molecule has 0 amide bonds. The zero-order chi connectivity index (χ0) is 17.8. The van der Waals surface area contributed by atoms with Crippen LogP contribution in [0.3, 0.4) is 0 Å². The summed E-state index contributed by atoms with van der Waals surface area (Å²) in [6.07, 6.45) is 0. The van der Waals surface area contributed by atoms with Crippen molar-refractivity contribution in [1.82, 2.24) is 0 Å². The van der Waals surface area contributed by atoms with E-state index in [-0.39, 0.29) is 10.8 Å². The van der Waals surface area contributed by atoms with E-state index in [1.54, 1.807) is 0 Å². The lowest BCUT2D eigenvalue weighted by Crippen LogP contribution is -2.32. The number of rotatable bonds is 0. The average Bonchev–Trinajstić information content (AvgIpc) is 2.60. The van der Waals surface area contributed by atoms with Crippen molar-refractivity contribution in [2.75, 3.05) is 0 Å². The monoisotopic (exact) mass is 326 g/mol. The minimum absolute atomic E-state index is 0.0389. The Kier molecular flexibility index (Phi) is 3.44. The number of benzene rings is 3. The minimum atomic E-state index is -0.0396. The largest absolute Gasteiger partial charge is 0.0619 e. The van der Waals surface area contributed by atoms with Gasteiger partial charge in [0, 0.05) is 10.8 Å². The van der Waals surface area contributed by atoms with E-state index in [1.807, 2.05) is 0 Å². The van der Waals surface area contributed by atoms with Crippen molar-refractivity contribution in [3.05, 3.63) is 94.5 Å². The lowest BCUT2D eigenvalue weighted by atomic mass is 9.62. The number of aryl methyl sites for hydroxylation is 1. The third-order valence-electron chi connectivity index (χ3n) is 6.06. The molecule has 25 heavy (non-hydrogen) atoms. The van der Waals surface area contributed by atoms with E-state index in [2.05, 4.69) is 101 Å². The molecular formula is C25H26. The fraction of sp³-hybridized carbons (Fsp3) is 0.280. The maximum absolute atomic E-state index is 2.38. The van der Waals surface area contributed by atoms with Crippen molar-refractivity contribution in [2.45, 2.75) is 45.4 Å². The SMILES string of the molecule is Cc1cccc2c1C(C)(C)c1ccccc1-c1ccccc1C2(C)C. The van der Waals surface area contributed by atoms with E-state index in [1.165, 1.54) is 38.9 Å². The number of hydrogen-bond donors (Lipinski definition) is 0. The van der Waals surface area contributed by atoms with Gasteiger partial charge in [0.2, 0.25) is 0 Å². The van der Waals surface area contributed by atoms with Crippen LogP contribution in [-0.4, -0.2) is 0 Å². The molecular weight excluding hydrogens is 300 g/mol. The van der Waals surface area contributed by atoms with E-state index < -0.39 is 0 Å². The first-order chi connectivity index (χ1) is 11.8. The Labute approximate surface area is 151 Å². The topological polar surface area (TPSA) is 0 Å². The Hall–Kier alpha value is -2.34. The first kappa shape index (κ1) is 16.1. The highest BCUT2D eigenvalue weighted by Crippen LogP contribution is 2.49. The van der Waals surface area contributed by atoms with Crippen LogP contribution in [-0.2, 0) is 10.8 Å². The third kappa shape index (κ3) is 2.20. The van der Waals surface area contributed by atoms with Crippen molar-refractivity contribution in [1.29, 1.82) is 0 Å². The molecule has 0 N–H and O–H groups in total. The quantitative estimate of drug-likeness (QED) is 0.435. The summed E-state index contributed by atoms with van der Waals surface area (Å²) in [4.78, 5) is 0. The van der Waals surface area contributed by atoms with Crippen molar-refractivity contribution < 1.29 is 0 Å². The number of fused-ring (bicyclic) bond motifs is 4.